The number of nitrogens with zero attached hydrogens (tertiary/aromatic N) is 1. The molecule has 1 unspecified atom stereocenters. The lowest BCUT2D eigenvalue weighted by atomic mass is 10.1. The molecule has 1 rings (SSSR count). The minimum atomic E-state index is 0.357. The van der Waals surface area contributed by atoms with Gasteiger partial charge in [0.2, 0.25) is 5.91 Å². The van der Waals surface area contributed by atoms with E-state index in [0.717, 1.165) is 44.3 Å². The van der Waals surface area contributed by atoms with Gasteiger partial charge in [-0.3, -0.25) is 9.59 Å². The topological polar surface area (TPSA) is 58.6 Å². The van der Waals surface area contributed by atoms with Crippen molar-refractivity contribution in [2.24, 2.45) is 5.92 Å². The van der Waals surface area contributed by atoms with Gasteiger partial charge in [-0.25, -0.2) is 0 Å². The van der Waals surface area contributed by atoms with Crippen LogP contribution in [0.2, 0.25) is 0 Å². The van der Waals surface area contributed by atoms with Crippen LogP contribution >= 0.6 is 0 Å². The van der Waals surface area contributed by atoms with Gasteiger partial charge < -0.3 is 15.0 Å². The van der Waals surface area contributed by atoms with Gasteiger partial charge in [-0.2, -0.15) is 0 Å². The van der Waals surface area contributed by atoms with Crippen LogP contribution in [-0.2, 0) is 14.3 Å². The van der Waals surface area contributed by atoms with Gasteiger partial charge in [0.15, 0.2) is 0 Å². The summed E-state index contributed by atoms with van der Waals surface area (Å²) in [4.78, 5) is 23.4. The molecule has 1 N–H and O–H groups in total. The second-order valence-corrected chi connectivity index (χ2v) is 7.41. The SMILES string of the molecule is CCCCCN(CC)C(=O)CCCCCC/C=C\[C@@H]1CC1NC.CCOC=O. The molecule has 0 aliphatic heterocycles. The van der Waals surface area contributed by atoms with Crippen LogP contribution in [-0.4, -0.2) is 50.1 Å². The number of allylic oxidation sites excluding steroid dienone is 1. The molecule has 0 saturated heterocycles. The zero-order chi connectivity index (χ0) is 21.0. The van der Waals surface area contributed by atoms with Crippen molar-refractivity contribution in [2.75, 3.05) is 26.7 Å². The molecule has 164 valence electrons. The molecule has 0 aromatic rings. The van der Waals surface area contributed by atoms with Crippen LogP contribution in [0, 0.1) is 5.92 Å². The third-order valence-corrected chi connectivity index (χ3v) is 5.11. The Kier molecular flexibility index (Phi) is 18.1. The minimum Gasteiger partial charge on any atom is -0.468 e. The molecule has 1 aliphatic carbocycles. The van der Waals surface area contributed by atoms with Crippen molar-refractivity contribution in [3.05, 3.63) is 12.2 Å². The van der Waals surface area contributed by atoms with E-state index in [4.69, 9.17) is 0 Å². The molecule has 0 bridgehead atoms. The number of unbranched alkanes of at least 4 members (excludes halogenated alkanes) is 6. The first kappa shape index (κ1) is 26.6. The fraction of sp³-hybridized carbons (Fsp3) is 0.826. The van der Waals surface area contributed by atoms with Crippen molar-refractivity contribution in [3.63, 3.8) is 0 Å². The highest BCUT2D eigenvalue weighted by atomic mass is 16.5. The predicted molar refractivity (Wildman–Crippen MR) is 117 cm³/mol. The lowest BCUT2D eigenvalue weighted by Crippen LogP contribution is -2.31. The smallest absolute Gasteiger partial charge is 0.293 e. The maximum Gasteiger partial charge on any atom is 0.293 e. The van der Waals surface area contributed by atoms with Gasteiger partial charge in [0.1, 0.15) is 0 Å². The Balaban J connectivity index is 0.00000129. The van der Waals surface area contributed by atoms with Gasteiger partial charge in [0, 0.05) is 25.6 Å². The van der Waals surface area contributed by atoms with Gasteiger partial charge in [0.05, 0.1) is 6.61 Å². The molecule has 1 aliphatic rings. The molecule has 2 atom stereocenters. The van der Waals surface area contributed by atoms with E-state index in [2.05, 4.69) is 36.1 Å². The van der Waals surface area contributed by atoms with E-state index in [9.17, 15) is 9.59 Å². The lowest BCUT2D eigenvalue weighted by Gasteiger charge is -2.20. The van der Waals surface area contributed by atoms with Crippen molar-refractivity contribution < 1.29 is 14.3 Å². The summed E-state index contributed by atoms with van der Waals surface area (Å²) in [6, 6.07) is 0.733. The van der Waals surface area contributed by atoms with E-state index < -0.39 is 0 Å². The Labute approximate surface area is 173 Å². The van der Waals surface area contributed by atoms with Crippen LogP contribution in [0.15, 0.2) is 12.2 Å². The zero-order valence-electron chi connectivity index (χ0n) is 18.8. The lowest BCUT2D eigenvalue weighted by molar-refractivity contribution is -0.131. The average Bonchev–Trinajstić information content (AvgIpc) is 3.47. The zero-order valence-corrected chi connectivity index (χ0v) is 18.8. The third-order valence-electron chi connectivity index (χ3n) is 5.11. The Bertz CT molecular complexity index is 413. The van der Waals surface area contributed by atoms with Crippen LogP contribution < -0.4 is 5.32 Å². The molecule has 5 nitrogen and oxygen atoms in total. The third kappa shape index (κ3) is 14.7. The standard InChI is InChI=1S/C20H38N2O.C3H6O2/c1-4-6-13-16-22(5-2)20(23)15-12-10-8-7-9-11-14-18-17-19(18)21-3;1-2-5-3-4/h11,14,18-19,21H,4-10,12-13,15-17H2,1-3H3;3H,2H2,1H3/b14-11-;/t18-,19?;/m1./s1. The normalized spacial score (nSPS) is 17.7. The summed E-state index contributed by atoms with van der Waals surface area (Å²) >= 11 is 0. The molecule has 0 radical (unpaired) electrons. The van der Waals surface area contributed by atoms with Gasteiger partial charge in [-0.05, 0) is 58.9 Å². The first-order chi connectivity index (χ1) is 13.6. The van der Waals surface area contributed by atoms with Crippen molar-refractivity contribution in [3.8, 4) is 0 Å². The number of ether oxygens (including phenoxy) is 1. The quantitative estimate of drug-likeness (QED) is 0.233. The molecule has 5 heteroatoms. The van der Waals surface area contributed by atoms with Crippen molar-refractivity contribution >= 4 is 12.4 Å². The second-order valence-electron chi connectivity index (χ2n) is 7.41. The molecule has 0 aromatic heterocycles. The second kappa shape index (κ2) is 19.0. The summed E-state index contributed by atoms with van der Waals surface area (Å²) in [5.74, 6) is 1.14. The van der Waals surface area contributed by atoms with E-state index >= 15 is 0 Å². The highest BCUT2D eigenvalue weighted by molar-refractivity contribution is 5.76. The molecular formula is C23H44N2O3. The van der Waals surface area contributed by atoms with Crippen LogP contribution in [0.4, 0.5) is 0 Å². The summed E-state index contributed by atoms with van der Waals surface area (Å²) in [5.41, 5.74) is 0. The number of carbonyl (C=O) groups is 2. The average molecular weight is 397 g/mol. The maximum atomic E-state index is 12.2. The Hall–Kier alpha value is -1.36. The maximum absolute atomic E-state index is 12.2. The summed E-state index contributed by atoms with van der Waals surface area (Å²) in [5, 5.41) is 3.31. The highest BCUT2D eigenvalue weighted by Gasteiger charge is 2.32. The van der Waals surface area contributed by atoms with Gasteiger partial charge in [-0.15, -0.1) is 0 Å². The minimum absolute atomic E-state index is 0.357. The van der Waals surface area contributed by atoms with E-state index in [1.807, 2.05) is 11.9 Å². The number of carbonyl (C=O) groups excluding carboxylic acids is 2. The van der Waals surface area contributed by atoms with Crippen LogP contribution in [0.5, 0.6) is 0 Å². The number of rotatable bonds is 16. The number of amides is 1. The van der Waals surface area contributed by atoms with E-state index in [1.165, 1.54) is 44.9 Å². The molecule has 1 saturated carbocycles. The van der Waals surface area contributed by atoms with E-state index in [-0.39, 0.29) is 0 Å². The largest absolute Gasteiger partial charge is 0.468 e. The van der Waals surface area contributed by atoms with Crippen molar-refractivity contribution in [2.45, 2.75) is 91.0 Å². The first-order valence-corrected chi connectivity index (χ1v) is 11.3. The summed E-state index contributed by atoms with van der Waals surface area (Å²) < 4.78 is 4.15. The monoisotopic (exact) mass is 396 g/mol. The van der Waals surface area contributed by atoms with Crippen LogP contribution in [0.1, 0.15) is 85.0 Å². The summed E-state index contributed by atoms with van der Waals surface area (Å²) in [6.07, 6.45) is 16.3. The Morgan fingerprint density at radius 2 is 1.86 bits per heavy atom. The highest BCUT2D eigenvalue weighted by Crippen LogP contribution is 2.31. The first-order valence-electron chi connectivity index (χ1n) is 11.3. The molecule has 28 heavy (non-hydrogen) atoms. The van der Waals surface area contributed by atoms with Gasteiger partial charge in [0.25, 0.3) is 6.47 Å². The van der Waals surface area contributed by atoms with Gasteiger partial charge in [-0.1, -0.05) is 44.8 Å². The summed E-state index contributed by atoms with van der Waals surface area (Å²) in [7, 11) is 2.04. The van der Waals surface area contributed by atoms with Crippen molar-refractivity contribution in [1.82, 2.24) is 10.2 Å². The fourth-order valence-corrected chi connectivity index (χ4v) is 3.16. The van der Waals surface area contributed by atoms with E-state index in [1.54, 1.807) is 6.92 Å². The number of hydrogen-bond donors (Lipinski definition) is 1. The van der Waals surface area contributed by atoms with Crippen LogP contribution in [0.25, 0.3) is 0 Å². The molecule has 1 amide bonds. The Morgan fingerprint density at radius 1 is 1.11 bits per heavy atom. The fourth-order valence-electron chi connectivity index (χ4n) is 3.16. The number of nitrogens with one attached hydrogen (secondary N) is 1. The van der Waals surface area contributed by atoms with E-state index in [0.29, 0.717) is 19.0 Å². The van der Waals surface area contributed by atoms with Gasteiger partial charge >= 0.3 is 0 Å². The molecule has 0 spiro atoms. The molecule has 1 fully saturated rings. The summed E-state index contributed by atoms with van der Waals surface area (Å²) in [6.45, 7) is 8.77. The molecule has 0 aromatic carbocycles. The van der Waals surface area contributed by atoms with Crippen LogP contribution in [0.3, 0.4) is 0 Å². The predicted octanol–water partition coefficient (Wildman–Crippen LogP) is 4.71. The molecular weight excluding hydrogens is 352 g/mol. The molecule has 0 heterocycles. The number of hydrogen-bond acceptors (Lipinski definition) is 4. The Morgan fingerprint density at radius 3 is 2.39 bits per heavy atom. The van der Waals surface area contributed by atoms with Crippen molar-refractivity contribution in [1.29, 1.82) is 0 Å².